The lowest BCUT2D eigenvalue weighted by molar-refractivity contribution is 0.0705. The molecule has 2 aliphatic heterocycles. The van der Waals surface area contributed by atoms with Crippen LogP contribution in [0.3, 0.4) is 0 Å². The van der Waals surface area contributed by atoms with Gasteiger partial charge in [-0.3, -0.25) is 4.79 Å². The molecule has 0 unspecified atom stereocenters. The zero-order valence-electron chi connectivity index (χ0n) is 24.3. The maximum absolute atomic E-state index is 13.0. The van der Waals surface area contributed by atoms with E-state index in [0.717, 1.165) is 29.3 Å². The van der Waals surface area contributed by atoms with Crippen LogP contribution in [-0.2, 0) is 13.3 Å². The number of thiophene rings is 4. The Morgan fingerprint density at radius 3 is 2.07 bits per heavy atom. The van der Waals surface area contributed by atoms with Gasteiger partial charge in [0.1, 0.15) is 25.0 Å². The van der Waals surface area contributed by atoms with Crippen molar-refractivity contribution in [3.63, 3.8) is 0 Å². The Labute approximate surface area is 272 Å². The van der Waals surface area contributed by atoms with Crippen molar-refractivity contribution in [2.75, 3.05) is 26.4 Å². The van der Waals surface area contributed by atoms with E-state index in [2.05, 4.69) is 17.4 Å². The number of nitrogens with one attached hydrogen (secondary N) is 1. The highest BCUT2D eigenvalue weighted by Gasteiger charge is 2.39. The molecule has 4 aromatic rings. The molecule has 6 rings (SSSR count). The molecule has 4 aromatic heterocycles. The summed E-state index contributed by atoms with van der Waals surface area (Å²) in [5, 5.41) is 4.96. The third-order valence-corrected chi connectivity index (χ3v) is 14.5. The molecule has 0 aromatic carbocycles. The summed E-state index contributed by atoms with van der Waals surface area (Å²) in [6.45, 7) is 7.95. The zero-order valence-corrected chi connectivity index (χ0v) is 28.6. The number of fused-ring (bicyclic) bond motifs is 2. The SMILES string of the molecule is CCO[Si](CCCNC(=O)c1ccc(-c2ccc(-c3sc(-c4scc5c4OC=CO5)c4c3OC=CO4)s2)s1)(OCC)OCC. The lowest BCUT2D eigenvalue weighted by atomic mass is 10.2. The third kappa shape index (κ3) is 6.39. The Bertz CT molecular complexity index is 1650. The summed E-state index contributed by atoms with van der Waals surface area (Å²) in [5.74, 6) is 2.58. The van der Waals surface area contributed by atoms with Crippen molar-refractivity contribution in [2.24, 2.45) is 0 Å². The van der Waals surface area contributed by atoms with E-state index in [1.165, 1.54) is 41.5 Å². The number of hydrogen-bond acceptors (Lipinski definition) is 12. The molecule has 0 atom stereocenters. The molecule has 0 saturated heterocycles. The Kier molecular flexibility index (Phi) is 9.88. The van der Waals surface area contributed by atoms with Gasteiger partial charge in [0.2, 0.25) is 0 Å². The lowest BCUT2D eigenvalue weighted by Gasteiger charge is -2.28. The van der Waals surface area contributed by atoms with Crippen LogP contribution in [0.5, 0.6) is 23.0 Å². The molecule has 0 saturated carbocycles. The average molecular weight is 690 g/mol. The van der Waals surface area contributed by atoms with Crippen LogP contribution >= 0.6 is 45.3 Å². The van der Waals surface area contributed by atoms with Gasteiger partial charge in [0, 0.05) is 52.4 Å². The number of carbonyl (C=O) groups is 1. The molecule has 232 valence electrons. The van der Waals surface area contributed by atoms with E-state index in [4.69, 9.17) is 32.2 Å². The molecule has 2 aliphatic rings. The maximum Gasteiger partial charge on any atom is 0.500 e. The Morgan fingerprint density at radius 1 is 0.727 bits per heavy atom. The van der Waals surface area contributed by atoms with Gasteiger partial charge in [0.15, 0.2) is 23.0 Å². The van der Waals surface area contributed by atoms with E-state index in [0.29, 0.717) is 66.7 Å². The minimum absolute atomic E-state index is 0.0934. The number of ether oxygens (including phenoxy) is 4. The predicted octanol–water partition coefficient (Wildman–Crippen LogP) is 8.59. The molecule has 9 nitrogen and oxygen atoms in total. The first-order chi connectivity index (χ1) is 21.6. The van der Waals surface area contributed by atoms with E-state index in [1.54, 1.807) is 28.9 Å². The Morgan fingerprint density at radius 2 is 1.34 bits per heavy atom. The quantitative estimate of drug-likeness (QED) is 0.104. The fraction of sp³-hybridized carbons (Fsp3) is 0.300. The van der Waals surface area contributed by atoms with Crippen molar-refractivity contribution in [1.29, 1.82) is 0 Å². The first-order valence-corrected chi connectivity index (χ1v) is 19.5. The summed E-state index contributed by atoms with van der Waals surface area (Å²) in [6, 6.07) is 8.67. The minimum Gasteiger partial charge on any atom is -0.457 e. The fourth-order valence-electron chi connectivity index (χ4n) is 4.78. The van der Waals surface area contributed by atoms with Gasteiger partial charge in [-0.2, -0.15) is 0 Å². The number of amides is 1. The van der Waals surface area contributed by atoms with E-state index in [1.807, 2.05) is 38.3 Å². The summed E-state index contributed by atoms with van der Waals surface area (Å²) >= 11 is 6.23. The molecule has 0 bridgehead atoms. The molecule has 1 N–H and O–H groups in total. The first kappa shape index (κ1) is 31.0. The molecule has 0 aliphatic carbocycles. The van der Waals surface area contributed by atoms with Gasteiger partial charge in [0.25, 0.3) is 5.91 Å². The second kappa shape index (κ2) is 14.0. The van der Waals surface area contributed by atoms with Crippen LogP contribution in [-0.4, -0.2) is 41.1 Å². The van der Waals surface area contributed by atoms with Gasteiger partial charge in [0.05, 0.1) is 19.5 Å². The van der Waals surface area contributed by atoms with Crippen molar-refractivity contribution >= 4 is 60.1 Å². The summed E-state index contributed by atoms with van der Waals surface area (Å²) in [7, 11) is -2.72. The van der Waals surface area contributed by atoms with Gasteiger partial charge >= 0.3 is 8.80 Å². The van der Waals surface area contributed by atoms with Gasteiger partial charge in [-0.05, 0) is 51.5 Å². The number of rotatable bonds is 14. The predicted molar refractivity (Wildman–Crippen MR) is 177 cm³/mol. The normalized spacial score (nSPS) is 13.4. The van der Waals surface area contributed by atoms with Gasteiger partial charge < -0.3 is 37.5 Å². The van der Waals surface area contributed by atoms with Crippen molar-refractivity contribution in [3.05, 3.63) is 59.6 Å². The smallest absolute Gasteiger partial charge is 0.457 e. The molecule has 14 heteroatoms. The molecule has 6 heterocycles. The van der Waals surface area contributed by atoms with Crippen LogP contribution in [0.1, 0.15) is 36.9 Å². The molecule has 0 radical (unpaired) electrons. The van der Waals surface area contributed by atoms with E-state index in [-0.39, 0.29) is 5.91 Å². The highest BCUT2D eigenvalue weighted by molar-refractivity contribution is 7.29. The van der Waals surface area contributed by atoms with E-state index < -0.39 is 8.80 Å². The Hall–Kier alpha value is -2.95. The molecule has 0 spiro atoms. The number of carbonyl (C=O) groups excluding carboxylic acids is 1. The third-order valence-electron chi connectivity index (χ3n) is 6.55. The van der Waals surface area contributed by atoms with Crippen LogP contribution in [0.25, 0.3) is 29.3 Å². The second-order valence-corrected chi connectivity index (χ2v) is 16.2. The highest BCUT2D eigenvalue weighted by Crippen LogP contribution is 2.59. The van der Waals surface area contributed by atoms with E-state index >= 15 is 0 Å². The van der Waals surface area contributed by atoms with Crippen molar-refractivity contribution < 1.29 is 37.0 Å². The Balaban J connectivity index is 1.14. The monoisotopic (exact) mass is 689 g/mol. The van der Waals surface area contributed by atoms with Crippen LogP contribution in [0, 0.1) is 0 Å². The van der Waals surface area contributed by atoms with Gasteiger partial charge in [-0.25, -0.2) is 0 Å². The largest absolute Gasteiger partial charge is 0.500 e. The van der Waals surface area contributed by atoms with Crippen LogP contribution in [0.15, 0.2) is 54.7 Å². The molecular weight excluding hydrogens is 659 g/mol. The molecule has 44 heavy (non-hydrogen) atoms. The highest BCUT2D eigenvalue weighted by atomic mass is 32.1. The standard InChI is InChI=1S/C30H31NO8S4Si/c1-4-37-44(38-5-2,39-6-3)17-7-12-31-30(32)23-11-9-21(42-23)20-8-10-22(41-20)27-25-26(36-16-15-35-25)29(43-27)28-24-19(18-40-28)33-13-14-34-24/h8-11,13-16,18H,4-7,12,17H2,1-3H3,(H,31,32). The van der Waals surface area contributed by atoms with Crippen molar-refractivity contribution in [3.8, 4) is 52.3 Å². The molecule has 1 amide bonds. The lowest BCUT2D eigenvalue weighted by Crippen LogP contribution is -2.46. The van der Waals surface area contributed by atoms with Crippen LogP contribution < -0.4 is 24.3 Å². The first-order valence-electron chi connectivity index (χ1n) is 14.2. The van der Waals surface area contributed by atoms with Crippen LogP contribution in [0.2, 0.25) is 6.04 Å². The minimum atomic E-state index is -2.72. The van der Waals surface area contributed by atoms with Gasteiger partial charge in [-0.1, -0.05) is 0 Å². The number of hydrogen-bond donors (Lipinski definition) is 1. The summed E-state index contributed by atoms with van der Waals surface area (Å²) in [4.78, 5) is 19.5. The van der Waals surface area contributed by atoms with Crippen LogP contribution in [0.4, 0.5) is 0 Å². The summed E-state index contributed by atoms with van der Waals surface area (Å²) in [5.41, 5.74) is 0. The van der Waals surface area contributed by atoms with Crippen molar-refractivity contribution in [2.45, 2.75) is 33.2 Å². The average Bonchev–Trinajstić information content (AvgIpc) is 3.84. The topological polar surface area (TPSA) is 93.7 Å². The van der Waals surface area contributed by atoms with E-state index in [9.17, 15) is 4.79 Å². The molecule has 0 fully saturated rings. The zero-order chi connectivity index (χ0) is 30.5. The fourth-order valence-corrected chi connectivity index (χ4v) is 11.7. The summed E-state index contributed by atoms with van der Waals surface area (Å²) in [6.07, 6.45) is 6.83. The maximum atomic E-state index is 13.0. The van der Waals surface area contributed by atoms with Crippen molar-refractivity contribution in [1.82, 2.24) is 5.32 Å². The second-order valence-electron chi connectivity index (χ2n) is 9.36. The summed E-state index contributed by atoms with van der Waals surface area (Å²) < 4.78 is 41.0. The molecular formula is C30H31NO8S4Si. The van der Waals surface area contributed by atoms with Gasteiger partial charge in [-0.15, -0.1) is 45.3 Å².